The number of carbonyl (C=O) groups excluding carboxylic acids is 1. The van der Waals surface area contributed by atoms with Crippen molar-refractivity contribution in [3.63, 3.8) is 0 Å². The number of piperazine rings is 1. The zero-order chi connectivity index (χ0) is 25.9. The average Bonchev–Trinajstić information content (AvgIpc) is 2.88. The summed E-state index contributed by atoms with van der Waals surface area (Å²) in [6, 6.07) is 9.81. The van der Waals surface area contributed by atoms with Crippen LogP contribution in [-0.2, 0) is 14.7 Å². The lowest BCUT2D eigenvalue weighted by Gasteiger charge is -2.37. The number of halogens is 1. The van der Waals surface area contributed by atoms with E-state index in [9.17, 15) is 17.6 Å². The van der Waals surface area contributed by atoms with E-state index in [1.54, 1.807) is 36.1 Å². The summed E-state index contributed by atoms with van der Waals surface area (Å²) in [6.45, 7) is 5.20. The van der Waals surface area contributed by atoms with Crippen LogP contribution >= 0.6 is 0 Å². The van der Waals surface area contributed by atoms with Gasteiger partial charge in [0.2, 0.25) is 0 Å². The molecule has 2 fully saturated rings. The van der Waals surface area contributed by atoms with Gasteiger partial charge in [-0.1, -0.05) is 11.2 Å². The van der Waals surface area contributed by atoms with Crippen LogP contribution in [0.3, 0.4) is 0 Å². The molecule has 8 nitrogen and oxygen atoms in total. The third-order valence-electron chi connectivity index (χ3n) is 6.82. The molecule has 0 N–H and O–H groups in total. The van der Waals surface area contributed by atoms with Crippen LogP contribution in [0.4, 0.5) is 15.8 Å². The van der Waals surface area contributed by atoms with Gasteiger partial charge in [0.1, 0.15) is 12.9 Å². The molecule has 10 heteroatoms. The lowest BCUT2D eigenvalue weighted by atomic mass is 10.1. The van der Waals surface area contributed by atoms with Crippen molar-refractivity contribution in [2.45, 2.75) is 31.1 Å². The smallest absolute Gasteiger partial charge is 0.256 e. The van der Waals surface area contributed by atoms with Crippen LogP contribution < -0.4 is 9.80 Å². The summed E-state index contributed by atoms with van der Waals surface area (Å²) >= 11 is 0. The molecule has 0 aliphatic carbocycles. The highest BCUT2D eigenvalue weighted by molar-refractivity contribution is 7.90. The fourth-order valence-corrected chi connectivity index (χ4v) is 5.47. The van der Waals surface area contributed by atoms with Crippen LogP contribution in [0.25, 0.3) is 0 Å². The molecule has 0 unspecified atom stereocenters. The molecule has 4 rings (SSSR count). The van der Waals surface area contributed by atoms with Gasteiger partial charge in [-0.2, -0.15) is 0 Å². The number of oxime groups is 1. The van der Waals surface area contributed by atoms with Gasteiger partial charge in [0.15, 0.2) is 9.84 Å². The maximum atomic E-state index is 14.9. The van der Waals surface area contributed by atoms with Gasteiger partial charge < -0.3 is 19.5 Å². The van der Waals surface area contributed by atoms with Crippen LogP contribution in [0.5, 0.6) is 0 Å². The Morgan fingerprint density at radius 3 is 2.17 bits per heavy atom. The number of piperidine rings is 1. The van der Waals surface area contributed by atoms with E-state index >= 15 is 0 Å². The van der Waals surface area contributed by atoms with Crippen LogP contribution in [0, 0.1) is 5.82 Å². The molecular formula is C26H33FN4O4S. The fourth-order valence-electron chi connectivity index (χ4n) is 4.83. The normalized spacial score (nSPS) is 17.3. The molecule has 1 amide bonds. The molecule has 2 saturated heterocycles. The molecule has 0 bridgehead atoms. The minimum Gasteiger partial charge on any atom is -0.399 e. The van der Waals surface area contributed by atoms with Crippen molar-refractivity contribution in [1.82, 2.24) is 4.90 Å². The zero-order valence-corrected chi connectivity index (χ0v) is 21.9. The minimum absolute atomic E-state index is 0.139. The third-order valence-corrected chi connectivity index (χ3v) is 7.93. The number of hydrogen-bond acceptors (Lipinski definition) is 7. The zero-order valence-electron chi connectivity index (χ0n) is 21.0. The third kappa shape index (κ3) is 5.64. The van der Waals surface area contributed by atoms with Crippen molar-refractivity contribution in [3.05, 3.63) is 53.3 Å². The Morgan fingerprint density at radius 1 is 0.917 bits per heavy atom. The maximum Gasteiger partial charge on any atom is 0.256 e. The Morgan fingerprint density at radius 2 is 1.56 bits per heavy atom. The average molecular weight is 517 g/mol. The Hall–Kier alpha value is -3.14. The number of nitrogens with zero attached hydrogens (tertiary/aromatic N) is 4. The van der Waals surface area contributed by atoms with Gasteiger partial charge in [-0.05, 0) is 56.5 Å². The first-order valence-corrected chi connectivity index (χ1v) is 14.1. The highest BCUT2D eigenvalue weighted by atomic mass is 32.2. The summed E-state index contributed by atoms with van der Waals surface area (Å²) in [5, 5.41) is 3.85. The summed E-state index contributed by atoms with van der Waals surface area (Å²) in [5.74, 6) is -0.547. The predicted octanol–water partition coefficient (Wildman–Crippen LogP) is 3.55. The van der Waals surface area contributed by atoms with Gasteiger partial charge in [0.05, 0.1) is 21.9 Å². The van der Waals surface area contributed by atoms with Crippen molar-refractivity contribution in [2.24, 2.45) is 5.16 Å². The van der Waals surface area contributed by atoms with Crippen molar-refractivity contribution in [2.75, 3.05) is 62.4 Å². The van der Waals surface area contributed by atoms with E-state index in [1.165, 1.54) is 19.2 Å². The second kappa shape index (κ2) is 10.9. The second-order valence-electron chi connectivity index (χ2n) is 9.30. The van der Waals surface area contributed by atoms with Crippen LogP contribution in [0.15, 0.2) is 46.4 Å². The second-order valence-corrected chi connectivity index (χ2v) is 11.3. The molecule has 36 heavy (non-hydrogen) atoms. The number of amides is 1. The van der Waals surface area contributed by atoms with Gasteiger partial charge in [0.25, 0.3) is 5.91 Å². The molecule has 2 aromatic carbocycles. The summed E-state index contributed by atoms with van der Waals surface area (Å²) in [6.07, 6.45) is 4.39. The Bertz CT molecular complexity index is 1250. The van der Waals surface area contributed by atoms with Gasteiger partial charge >= 0.3 is 0 Å². The van der Waals surface area contributed by atoms with Crippen LogP contribution in [-0.4, -0.2) is 77.6 Å². The quantitative estimate of drug-likeness (QED) is 0.431. The molecule has 2 heterocycles. The van der Waals surface area contributed by atoms with Gasteiger partial charge in [0, 0.05) is 56.8 Å². The van der Waals surface area contributed by atoms with Crippen LogP contribution in [0.1, 0.15) is 42.1 Å². The molecule has 0 aromatic heterocycles. The van der Waals surface area contributed by atoms with Gasteiger partial charge in [-0.25, -0.2) is 12.8 Å². The number of carbonyl (C=O) groups is 1. The number of anilines is 2. The Balaban J connectivity index is 1.52. The van der Waals surface area contributed by atoms with E-state index < -0.39 is 9.84 Å². The number of hydrogen-bond donors (Lipinski definition) is 0. The van der Waals surface area contributed by atoms with E-state index in [2.05, 4.69) is 10.1 Å². The van der Waals surface area contributed by atoms with Gasteiger partial charge in [-0.3, -0.25) is 4.79 Å². The first-order chi connectivity index (χ1) is 17.2. The Labute approximate surface area is 212 Å². The summed E-state index contributed by atoms with van der Waals surface area (Å²) in [7, 11) is -2.01. The minimum atomic E-state index is -3.46. The van der Waals surface area contributed by atoms with E-state index in [1.807, 2.05) is 4.90 Å². The fraction of sp³-hybridized carbons (Fsp3) is 0.462. The monoisotopic (exact) mass is 516 g/mol. The molecule has 2 aliphatic rings. The van der Waals surface area contributed by atoms with E-state index in [-0.39, 0.29) is 16.6 Å². The van der Waals surface area contributed by atoms with E-state index in [0.29, 0.717) is 48.7 Å². The SMILES string of the molecule is CON=C(C)c1ccc(N2CCN(C(=O)c3cc(S(C)(=O)=O)ccc3N3CCCCC3)CC2)c(F)c1. The molecule has 0 radical (unpaired) electrons. The molecule has 194 valence electrons. The highest BCUT2D eigenvalue weighted by Crippen LogP contribution is 2.29. The summed E-state index contributed by atoms with van der Waals surface area (Å²) in [5.41, 5.74) is 2.90. The molecule has 0 atom stereocenters. The van der Waals surface area contributed by atoms with Crippen molar-refractivity contribution < 1.29 is 22.4 Å². The molecule has 0 spiro atoms. The number of rotatable bonds is 6. The Kier molecular flexibility index (Phi) is 7.82. The summed E-state index contributed by atoms with van der Waals surface area (Å²) < 4.78 is 39.3. The molecule has 2 aromatic rings. The number of sulfone groups is 1. The maximum absolute atomic E-state index is 14.9. The summed E-state index contributed by atoms with van der Waals surface area (Å²) in [4.78, 5) is 24.3. The standard InChI is InChI=1S/C26H33FN4O4S/c1-19(28-35-2)20-7-9-25(23(27)17-20)30-13-15-31(16-14-30)26(32)22-18-21(36(3,33)34)8-10-24(22)29-11-5-4-6-12-29/h7-10,17-18H,4-6,11-16H2,1-3H3. The van der Waals surface area contributed by atoms with Crippen molar-refractivity contribution >= 4 is 32.8 Å². The molecule has 0 saturated carbocycles. The van der Waals surface area contributed by atoms with Crippen LogP contribution in [0.2, 0.25) is 0 Å². The first kappa shape index (κ1) is 25.9. The van der Waals surface area contributed by atoms with E-state index in [0.717, 1.165) is 44.3 Å². The highest BCUT2D eigenvalue weighted by Gasteiger charge is 2.28. The van der Waals surface area contributed by atoms with Crippen molar-refractivity contribution in [3.8, 4) is 0 Å². The molecular weight excluding hydrogens is 483 g/mol. The lowest BCUT2D eigenvalue weighted by molar-refractivity contribution is 0.0747. The topological polar surface area (TPSA) is 82.5 Å². The number of benzene rings is 2. The molecule has 2 aliphatic heterocycles. The lowest BCUT2D eigenvalue weighted by Crippen LogP contribution is -2.49. The van der Waals surface area contributed by atoms with E-state index in [4.69, 9.17) is 4.84 Å². The van der Waals surface area contributed by atoms with Crippen molar-refractivity contribution in [1.29, 1.82) is 0 Å². The largest absolute Gasteiger partial charge is 0.399 e. The first-order valence-electron chi connectivity index (χ1n) is 12.2. The predicted molar refractivity (Wildman–Crippen MR) is 139 cm³/mol. The van der Waals surface area contributed by atoms with Gasteiger partial charge in [-0.15, -0.1) is 0 Å².